The van der Waals surface area contributed by atoms with Gasteiger partial charge in [0.1, 0.15) is 11.5 Å². The van der Waals surface area contributed by atoms with Crippen LogP contribution in [0, 0.1) is 0 Å². The minimum absolute atomic E-state index is 0.213. The molecular weight excluding hydrogens is 386 g/mol. The van der Waals surface area contributed by atoms with Gasteiger partial charge in [-0.25, -0.2) is 4.79 Å². The second-order valence-electron chi connectivity index (χ2n) is 6.48. The SMILES string of the molecule is CCOC(=O)[C@@H]([C@H](OC(C)=O)c1ccc(OC)cc1)N(CC)c1ccc(OC)cc1. The van der Waals surface area contributed by atoms with Gasteiger partial charge in [-0.2, -0.15) is 0 Å². The summed E-state index contributed by atoms with van der Waals surface area (Å²) in [6.07, 6.45) is -0.866. The highest BCUT2D eigenvalue weighted by atomic mass is 16.6. The standard InChI is InChI=1S/C23H29NO6/c1-6-24(18-10-14-20(28-5)15-11-18)21(23(26)29-7-2)22(30-16(3)25)17-8-12-19(27-4)13-9-17/h8-15,21-22H,6-7H2,1-5H3/t21-,22-/m1/s1. The van der Waals surface area contributed by atoms with E-state index in [4.69, 9.17) is 18.9 Å². The van der Waals surface area contributed by atoms with Crippen molar-refractivity contribution >= 4 is 17.6 Å². The molecule has 0 aromatic heterocycles. The first-order valence-electron chi connectivity index (χ1n) is 9.83. The molecule has 0 amide bonds. The minimum Gasteiger partial charge on any atom is -0.497 e. The second-order valence-corrected chi connectivity index (χ2v) is 6.48. The maximum absolute atomic E-state index is 13.1. The molecule has 7 heteroatoms. The highest BCUT2D eigenvalue weighted by Gasteiger charge is 2.38. The summed E-state index contributed by atoms with van der Waals surface area (Å²) in [5.41, 5.74) is 1.44. The Morgan fingerprint density at radius 1 is 0.900 bits per heavy atom. The van der Waals surface area contributed by atoms with Crippen molar-refractivity contribution in [3.63, 3.8) is 0 Å². The molecule has 0 saturated heterocycles. The van der Waals surface area contributed by atoms with Gasteiger partial charge in [0.05, 0.1) is 20.8 Å². The number of benzene rings is 2. The van der Waals surface area contributed by atoms with Crippen LogP contribution in [0.4, 0.5) is 5.69 Å². The van der Waals surface area contributed by atoms with Crippen molar-refractivity contribution in [3.05, 3.63) is 54.1 Å². The molecule has 0 radical (unpaired) electrons. The van der Waals surface area contributed by atoms with Crippen LogP contribution in [0.15, 0.2) is 48.5 Å². The number of likely N-dealkylation sites (N-methyl/N-ethyl adjacent to an activating group) is 1. The summed E-state index contributed by atoms with van der Waals surface area (Å²) in [4.78, 5) is 26.8. The molecule has 0 saturated carbocycles. The van der Waals surface area contributed by atoms with E-state index < -0.39 is 24.1 Å². The molecule has 2 aromatic carbocycles. The van der Waals surface area contributed by atoms with Crippen molar-refractivity contribution in [1.82, 2.24) is 0 Å². The third kappa shape index (κ3) is 5.65. The number of hydrogen-bond acceptors (Lipinski definition) is 7. The van der Waals surface area contributed by atoms with Crippen molar-refractivity contribution in [2.75, 3.05) is 32.3 Å². The largest absolute Gasteiger partial charge is 0.497 e. The van der Waals surface area contributed by atoms with Gasteiger partial charge in [-0.3, -0.25) is 4.79 Å². The molecule has 162 valence electrons. The zero-order chi connectivity index (χ0) is 22.1. The number of anilines is 1. The summed E-state index contributed by atoms with van der Waals surface area (Å²) < 4.78 is 21.4. The van der Waals surface area contributed by atoms with Gasteiger partial charge in [-0.05, 0) is 55.8 Å². The highest BCUT2D eigenvalue weighted by molar-refractivity contribution is 5.82. The Bertz CT molecular complexity index is 819. The Morgan fingerprint density at radius 3 is 1.87 bits per heavy atom. The molecule has 2 atom stereocenters. The number of ether oxygens (including phenoxy) is 4. The van der Waals surface area contributed by atoms with E-state index in [0.29, 0.717) is 23.6 Å². The van der Waals surface area contributed by atoms with Crippen LogP contribution >= 0.6 is 0 Å². The number of esters is 2. The molecule has 7 nitrogen and oxygen atoms in total. The molecule has 0 aliphatic carbocycles. The molecule has 0 heterocycles. The maximum Gasteiger partial charge on any atom is 0.333 e. The number of methoxy groups -OCH3 is 2. The molecule has 0 aliphatic rings. The molecule has 0 aliphatic heterocycles. The zero-order valence-electron chi connectivity index (χ0n) is 18.1. The van der Waals surface area contributed by atoms with Gasteiger partial charge >= 0.3 is 11.9 Å². The fourth-order valence-corrected chi connectivity index (χ4v) is 3.24. The number of hydrogen-bond donors (Lipinski definition) is 0. The third-order valence-corrected chi connectivity index (χ3v) is 4.63. The number of nitrogens with zero attached hydrogens (tertiary/aromatic N) is 1. The van der Waals surface area contributed by atoms with Gasteiger partial charge in [0, 0.05) is 19.2 Å². The predicted octanol–water partition coefficient (Wildman–Crippen LogP) is 3.77. The van der Waals surface area contributed by atoms with Gasteiger partial charge in [0.15, 0.2) is 12.1 Å². The summed E-state index contributed by atoms with van der Waals surface area (Å²) in [7, 11) is 3.16. The summed E-state index contributed by atoms with van der Waals surface area (Å²) in [5.74, 6) is 0.401. The Hall–Kier alpha value is -3.22. The smallest absolute Gasteiger partial charge is 0.333 e. The van der Waals surface area contributed by atoms with Crippen LogP contribution in [-0.4, -0.2) is 45.4 Å². The Balaban J connectivity index is 2.54. The lowest BCUT2D eigenvalue weighted by Gasteiger charge is -2.36. The van der Waals surface area contributed by atoms with Crippen LogP contribution in [0.5, 0.6) is 11.5 Å². The summed E-state index contributed by atoms with van der Waals surface area (Å²) >= 11 is 0. The first-order chi connectivity index (χ1) is 14.4. The van der Waals surface area contributed by atoms with E-state index in [1.54, 1.807) is 45.4 Å². The van der Waals surface area contributed by atoms with Gasteiger partial charge in [0.25, 0.3) is 0 Å². The number of rotatable bonds is 10. The lowest BCUT2D eigenvalue weighted by Crippen LogP contribution is -2.47. The molecule has 2 aromatic rings. The van der Waals surface area contributed by atoms with E-state index in [1.807, 2.05) is 36.1 Å². The maximum atomic E-state index is 13.1. The van der Waals surface area contributed by atoms with Crippen molar-refractivity contribution in [1.29, 1.82) is 0 Å². The van der Waals surface area contributed by atoms with E-state index in [1.165, 1.54) is 6.92 Å². The minimum atomic E-state index is -0.874. The normalized spacial score (nSPS) is 12.4. The average molecular weight is 415 g/mol. The summed E-state index contributed by atoms with van der Waals surface area (Å²) in [6.45, 7) is 5.69. The van der Waals surface area contributed by atoms with Gasteiger partial charge in [0.2, 0.25) is 0 Å². The van der Waals surface area contributed by atoms with Crippen LogP contribution < -0.4 is 14.4 Å². The quantitative estimate of drug-likeness (QED) is 0.547. The van der Waals surface area contributed by atoms with E-state index in [2.05, 4.69) is 0 Å². The Kier molecular flexibility index (Phi) is 8.53. The van der Waals surface area contributed by atoms with E-state index in [9.17, 15) is 9.59 Å². The van der Waals surface area contributed by atoms with E-state index >= 15 is 0 Å². The Morgan fingerprint density at radius 2 is 1.43 bits per heavy atom. The predicted molar refractivity (Wildman–Crippen MR) is 114 cm³/mol. The fraction of sp³-hybridized carbons (Fsp3) is 0.391. The summed E-state index contributed by atoms with van der Waals surface area (Å²) in [5, 5.41) is 0. The molecule has 0 bridgehead atoms. The van der Waals surface area contributed by atoms with Crippen LogP contribution in [-0.2, 0) is 19.1 Å². The van der Waals surface area contributed by atoms with Crippen molar-refractivity contribution in [3.8, 4) is 11.5 Å². The van der Waals surface area contributed by atoms with Crippen molar-refractivity contribution in [2.24, 2.45) is 0 Å². The van der Waals surface area contributed by atoms with Crippen LogP contribution in [0.1, 0.15) is 32.4 Å². The zero-order valence-corrected chi connectivity index (χ0v) is 18.1. The van der Waals surface area contributed by atoms with Gasteiger partial charge in [-0.15, -0.1) is 0 Å². The monoisotopic (exact) mass is 415 g/mol. The molecular formula is C23H29NO6. The Labute approximate surface area is 177 Å². The van der Waals surface area contributed by atoms with Gasteiger partial charge in [-0.1, -0.05) is 12.1 Å². The third-order valence-electron chi connectivity index (χ3n) is 4.63. The van der Waals surface area contributed by atoms with Crippen LogP contribution in [0.25, 0.3) is 0 Å². The number of carbonyl (C=O) groups is 2. The van der Waals surface area contributed by atoms with Crippen LogP contribution in [0.3, 0.4) is 0 Å². The molecule has 30 heavy (non-hydrogen) atoms. The van der Waals surface area contributed by atoms with Gasteiger partial charge < -0.3 is 23.8 Å². The summed E-state index contributed by atoms with van der Waals surface area (Å²) in [6, 6.07) is 13.5. The lowest BCUT2D eigenvalue weighted by atomic mass is 9.99. The molecule has 2 rings (SSSR count). The molecule has 0 fully saturated rings. The van der Waals surface area contributed by atoms with E-state index in [-0.39, 0.29) is 6.61 Å². The first-order valence-corrected chi connectivity index (χ1v) is 9.83. The number of carbonyl (C=O) groups excluding carboxylic acids is 2. The van der Waals surface area contributed by atoms with Crippen LogP contribution in [0.2, 0.25) is 0 Å². The van der Waals surface area contributed by atoms with Crippen molar-refractivity contribution in [2.45, 2.75) is 32.9 Å². The fourth-order valence-electron chi connectivity index (χ4n) is 3.24. The van der Waals surface area contributed by atoms with Crippen molar-refractivity contribution < 1.29 is 28.5 Å². The average Bonchev–Trinajstić information content (AvgIpc) is 2.76. The molecule has 0 unspecified atom stereocenters. The van der Waals surface area contributed by atoms with E-state index in [0.717, 1.165) is 5.69 Å². The second kappa shape index (κ2) is 11.1. The molecule has 0 spiro atoms. The first kappa shape index (κ1) is 23.1. The topological polar surface area (TPSA) is 74.3 Å². The molecule has 0 N–H and O–H groups in total. The lowest BCUT2D eigenvalue weighted by molar-refractivity contribution is -0.156. The highest BCUT2D eigenvalue weighted by Crippen LogP contribution is 2.32.